The van der Waals surface area contributed by atoms with Crippen LogP contribution in [-0.2, 0) is 20.7 Å². The first-order chi connectivity index (χ1) is 14.6. The average Bonchev–Trinajstić information content (AvgIpc) is 2.79. The van der Waals surface area contributed by atoms with Crippen LogP contribution < -0.4 is 10.1 Å². The van der Waals surface area contributed by atoms with Crippen LogP contribution in [0, 0.1) is 0 Å². The molecule has 0 heterocycles. The first-order valence-corrected chi connectivity index (χ1v) is 9.84. The van der Waals surface area contributed by atoms with Crippen molar-refractivity contribution in [2.75, 3.05) is 12.4 Å². The number of nitrogens with one attached hydrogen (secondary N) is 1. The smallest absolute Gasteiger partial charge is 0.306 e. The molecule has 0 aliphatic heterocycles. The topological polar surface area (TPSA) is 64.6 Å². The van der Waals surface area contributed by atoms with Gasteiger partial charge in [-0.25, -0.2) is 0 Å². The van der Waals surface area contributed by atoms with E-state index in [0.717, 1.165) is 22.4 Å². The molecule has 0 radical (unpaired) electrons. The third-order valence-electron chi connectivity index (χ3n) is 4.72. The van der Waals surface area contributed by atoms with E-state index in [1.54, 1.807) is 14.0 Å². The Labute approximate surface area is 176 Å². The van der Waals surface area contributed by atoms with E-state index in [9.17, 15) is 9.59 Å². The van der Waals surface area contributed by atoms with Crippen LogP contribution in [-0.4, -0.2) is 25.1 Å². The minimum Gasteiger partial charge on any atom is -0.497 e. The minimum atomic E-state index is -0.891. The van der Waals surface area contributed by atoms with E-state index in [0.29, 0.717) is 12.1 Å². The zero-order valence-electron chi connectivity index (χ0n) is 17.1. The average molecular weight is 403 g/mol. The maximum absolute atomic E-state index is 12.6. The van der Waals surface area contributed by atoms with Gasteiger partial charge in [-0.1, -0.05) is 60.7 Å². The molecule has 0 spiro atoms. The number of esters is 1. The number of carbonyl (C=O) groups excluding carboxylic acids is 2. The van der Waals surface area contributed by atoms with Crippen LogP contribution in [0.1, 0.15) is 18.9 Å². The predicted octanol–water partition coefficient (Wildman–Crippen LogP) is 4.87. The SMILES string of the molecule is COc1ccc(CCC(=O)O[C@H](C)C(=O)Nc2ccccc2-c2ccccc2)cc1. The summed E-state index contributed by atoms with van der Waals surface area (Å²) < 4.78 is 10.4. The Bertz CT molecular complexity index is 984. The van der Waals surface area contributed by atoms with Crippen LogP contribution in [0.4, 0.5) is 5.69 Å². The first kappa shape index (κ1) is 21.1. The lowest BCUT2D eigenvalue weighted by Gasteiger charge is -2.16. The lowest BCUT2D eigenvalue weighted by Crippen LogP contribution is -2.30. The Morgan fingerprint density at radius 3 is 2.27 bits per heavy atom. The normalized spacial score (nSPS) is 11.4. The molecule has 3 rings (SSSR count). The monoisotopic (exact) mass is 403 g/mol. The Balaban J connectivity index is 1.55. The van der Waals surface area contributed by atoms with Gasteiger partial charge in [0.15, 0.2) is 6.10 Å². The van der Waals surface area contributed by atoms with Crippen LogP contribution in [0.3, 0.4) is 0 Å². The van der Waals surface area contributed by atoms with Gasteiger partial charge in [0.25, 0.3) is 5.91 Å². The predicted molar refractivity (Wildman–Crippen MR) is 117 cm³/mol. The van der Waals surface area contributed by atoms with Crippen molar-refractivity contribution in [1.82, 2.24) is 0 Å². The highest BCUT2D eigenvalue weighted by atomic mass is 16.5. The number of amides is 1. The highest BCUT2D eigenvalue weighted by Crippen LogP contribution is 2.27. The van der Waals surface area contributed by atoms with E-state index < -0.39 is 12.1 Å². The van der Waals surface area contributed by atoms with Crippen molar-refractivity contribution in [2.24, 2.45) is 0 Å². The van der Waals surface area contributed by atoms with Crippen molar-refractivity contribution >= 4 is 17.6 Å². The fraction of sp³-hybridized carbons (Fsp3) is 0.200. The van der Waals surface area contributed by atoms with Crippen molar-refractivity contribution in [1.29, 1.82) is 0 Å². The molecule has 3 aromatic carbocycles. The molecule has 0 saturated carbocycles. The van der Waals surface area contributed by atoms with Crippen molar-refractivity contribution in [2.45, 2.75) is 25.9 Å². The lowest BCUT2D eigenvalue weighted by atomic mass is 10.0. The van der Waals surface area contributed by atoms with Crippen LogP contribution in [0.15, 0.2) is 78.9 Å². The molecule has 154 valence electrons. The van der Waals surface area contributed by atoms with Crippen LogP contribution in [0.5, 0.6) is 5.75 Å². The second kappa shape index (κ2) is 10.3. The van der Waals surface area contributed by atoms with Crippen LogP contribution in [0.2, 0.25) is 0 Å². The molecule has 0 fully saturated rings. The first-order valence-electron chi connectivity index (χ1n) is 9.84. The maximum Gasteiger partial charge on any atom is 0.306 e. The summed E-state index contributed by atoms with van der Waals surface area (Å²) in [5.74, 6) is -0.0107. The van der Waals surface area contributed by atoms with Gasteiger partial charge in [0.2, 0.25) is 0 Å². The maximum atomic E-state index is 12.6. The third kappa shape index (κ3) is 5.70. The molecule has 0 aliphatic rings. The summed E-state index contributed by atoms with van der Waals surface area (Å²) in [5.41, 5.74) is 3.58. The van der Waals surface area contributed by atoms with Gasteiger partial charge in [0, 0.05) is 17.7 Å². The number of benzene rings is 3. The molecule has 5 heteroatoms. The molecule has 1 N–H and O–H groups in total. The Morgan fingerprint density at radius 1 is 0.900 bits per heavy atom. The summed E-state index contributed by atoms with van der Waals surface area (Å²) >= 11 is 0. The standard InChI is InChI=1S/C25H25NO4/c1-18(30-24(27)17-14-19-12-15-21(29-2)16-13-19)25(28)26-23-11-7-6-10-22(23)20-8-4-3-5-9-20/h3-13,15-16,18H,14,17H2,1-2H3,(H,26,28)/t18-/m1/s1. The molecule has 0 aromatic heterocycles. The number of para-hydroxylation sites is 1. The van der Waals surface area contributed by atoms with E-state index in [2.05, 4.69) is 5.32 Å². The fourth-order valence-corrected chi connectivity index (χ4v) is 3.04. The summed E-state index contributed by atoms with van der Waals surface area (Å²) in [6.07, 6.45) is -0.157. The Kier molecular flexibility index (Phi) is 7.22. The van der Waals surface area contributed by atoms with E-state index >= 15 is 0 Å². The Morgan fingerprint density at radius 2 is 1.57 bits per heavy atom. The summed E-state index contributed by atoms with van der Waals surface area (Å²) in [6, 6.07) is 24.8. The summed E-state index contributed by atoms with van der Waals surface area (Å²) in [5, 5.41) is 2.87. The van der Waals surface area contributed by atoms with Gasteiger partial charge in [-0.2, -0.15) is 0 Å². The molecule has 0 aliphatic carbocycles. The van der Waals surface area contributed by atoms with Crippen LogP contribution in [0.25, 0.3) is 11.1 Å². The quantitative estimate of drug-likeness (QED) is 0.545. The third-order valence-corrected chi connectivity index (χ3v) is 4.72. The number of anilines is 1. The Hall–Kier alpha value is -3.60. The van der Waals surface area contributed by atoms with Gasteiger partial charge in [-0.05, 0) is 42.7 Å². The summed E-state index contributed by atoms with van der Waals surface area (Å²) in [4.78, 5) is 24.7. The summed E-state index contributed by atoms with van der Waals surface area (Å²) in [6.45, 7) is 1.58. The second-order valence-corrected chi connectivity index (χ2v) is 6.88. The second-order valence-electron chi connectivity index (χ2n) is 6.88. The molecule has 30 heavy (non-hydrogen) atoms. The molecule has 3 aromatic rings. The molecule has 0 unspecified atom stereocenters. The number of carbonyl (C=O) groups is 2. The number of ether oxygens (including phenoxy) is 2. The molecule has 0 saturated heterocycles. The molecule has 0 bridgehead atoms. The lowest BCUT2D eigenvalue weighted by molar-refractivity contribution is -0.153. The molecular formula is C25H25NO4. The molecule has 5 nitrogen and oxygen atoms in total. The van der Waals surface area contributed by atoms with E-state index in [1.165, 1.54) is 0 Å². The van der Waals surface area contributed by atoms with Crippen molar-refractivity contribution in [3.05, 3.63) is 84.4 Å². The van der Waals surface area contributed by atoms with E-state index in [1.807, 2.05) is 78.9 Å². The van der Waals surface area contributed by atoms with Gasteiger partial charge >= 0.3 is 5.97 Å². The van der Waals surface area contributed by atoms with Gasteiger partial charge in [-0.3, -0.25) is 9.59 Å². The highest BCUT2D eigenvalue weighted by molar-refractivity contribution is 5.98. The number of hydrogen-bond donors (Lipinski definition) is 1. The molecule has 1 atom stereocenters. The highest BCUT2D eigenvalue weighted by Gasteiger charge is 2.19. The van der Waals surface area contributed by atoms with Gasteiger partial charge in [0.05, 0.1) is 7.11 Å². The van der Waals surface area contributed by atoms with Gasteiger partial charge in [0.1, 0.15) is 5.75 Å². The number of hydrogen-bond acceptors (Lipinski definition) is 4. The molecular weight excluding hydrogens is 378 g/mol. The van der Waals surface area contributed by atoms with Crippen molar-refractivity contribution in [3.63, 3.8) is 0 Å². The fourth-order valence-electron chi connectivity index (χ4n) is 3.04. The van der Waals surface area contributed by atoms with Crippen LogP contribution >= 0.6 is 0 Å². The number of aryl methyl sites for hydroxylation is 1. The zero-order chi connectivity index (χ0) is 21.3. The van der Waals surface area contributed by atoms with Crippen molar-refractivity contribution < 1.29 is 19.1 Å². The van der Waals surface area contributed by atoms with Gasteiger partial charge in [-0.15, -0.1) is 0 Å². The largest absolute Gasteiger partial charge is 0.497 e. The van der Waals surface area contributed by atoms with E-state index in [4.69, 9.17) is 9.47 Å². The molecule has 1 amide bonds. The number of methoxy groups -OCH3 is 1. The minimum absolute atomic E-state index is 0.199. The van der Waals surface area contributed by atoms with Crippen molar-refractivity contribution in [3.8, 4) is 16.9 Å². The number of rotatable bonds is 8. The van der Waals surface area contributed by atoms with Gasteiger partial charge < -0.3 is 14.8 Å². The zero-order valence-corrected chi connectivity index (χ0v) is 17.1. The summed E-state index contributed by atoms with van der Waals surface area (Å²) in [7, 11) is 1.61. The van der Waals surface area contributed by atoms with E-state index in [-0.39, 0.29) is 12.3 Å².